The van der Waals surface area contributed by atoms with E-state index in [-0.39, 0.29) is 0 Å². The maximum atomic E-state index is 3.49. The molecule has 0 aromatic heterocycles. The van der Waals surface area contributed by atoms with Crippen LogP contribution in [0.1, 0.15) is 24.0 Å². The summed E-state index contributed by atoms with van der Waals surface area (Å²) in [6.45, 7) is 0. The van der Waals surface area contributed by atoms with Crippen molar-refractivity contribution in [1.82, 2.24) is 0 Å². The van der Waals surface area contributed by atoms with E-state index in [2.05, 4.69) is 119 Å². The molecule has 0 bridgehead atoms. The fourth-order valence-corrected chi connectivity index (χ4v) is 11.0. The molecule has 0 N–H and O–H groups in total. The SMILES string of the molecule is [CH3][Hg][C]#Cc1ccc2c(c1)=CC1=CC(C#[C][Hg][C]#CC3=CCC4=c5ccc(C#[C][Hg][CH3])cc5=CC4=C3)=CCC=21. The van der Waals surface area contributed by atoms with E-state index in [4.69, 9.17) is 0 Å². The minimum atomic E-state index is -1.57. The average molecular weight is 1060 g/mol. The Hall–Kier alpha value is -2.07. The van der Waals surface area contributed by atoms with Crippen LogP contribution in [0.3, 0.4) is 0 Å². The first-order valence-electron chi connectivity index (χ1n) is 13.7. The summed E-state index contributed by atoms with van der Waals surface area (Å²) in [7, 11) is 0. The van der Waals surface area contributed by atoms with Crippen LogP contribution in [0, 0.1) is 37.4 Å². The van der Waals surface area contributed by atoms with Crippen LogP contribution >= 0.6 is 0 Å². The summed E-state index contributed by atoms with van der Waals surface area (Å²) in [4.78, 5) is 0. The van der Waals surface area contributed by atoms with Gasteiger partial charge in [0.25, 0.3) is 0 Å². The normalized spacial score (nSPS) is 14.5. The molecule has 2 aromatic carbocycles. The topological polar surface area (TPSA) is 0 Å². The van der Waals surface area contributed by atoms with Gasteiger partial charge in [-0.1, -0.05) is 0 Å². The second-order valence-electron chi connectivity index (χ2n) is 9.87. The van der Waals surface area contributed by atoms with Crippen molar-refractivity contribution in [3.8, 4) is 37.4 Å². The van der Waals surface area contributed by atoms with Gasteiger partial charge in [-0.15, -0.1) is 0 Å². The van der Waals surface area contributed by atoms with Crippen molar-refractivity contribution in [3.63, 3.8) is 0 Å². The molecule has 0 fully saturated rings. The Labute approximate surface area is 267 Å². The molecule has 0 unspecified atom stereocenters. The quantitative estimate of drug-likeness (QED) is 0.280. The molecule has 2 aromatic rings. The summed E-state index contributed by atoms with van der Waals surface area (Å²) in [5, 5.41) is 5.31. The summed E-state index contributed by atoms with van der Waals surface area (Å²) >= 11 is -3.36. The average Bonchev–Trinajstić information content (AvgIpc) is 3.51. The third-order valence-corrected chi connectivity index (χ3v) is 14.1. The van der Waals surface area contributed by atoms with E-state index in [0.29, 0.717) is 0 Å². The van der Waals surface area contributed by atoms with Gasteiger partial charge in [-0.2, -0.15) is 0 Å². The molecule has 0 heterocycles. The summed E-state index contributed by atoms with van der Waals surface area (Å²) in [6.07, 6.45) is 15.6. The summed E-state index contributed by atoms with van der Waals surface area (Å²) in [6, 6.07) is 13.3. The zero-order valence-corrected chi connectivity index (χ0v) is 39.0. The van der Waals surface area contributed by atoms with Crippen molar-refractivity contribution in [1.29, 1.82) is 0 Å². The van der Waals surface area contributed by atoms with Gasteiger partial charge in [-0.05, 0) is 0 Å². The molecule has 3 heteroatoms. The van der Waals surface area contributed by atoms with Crippen molar-refractivity contribution in [2.75, 3.05) is 0 Å². The van der Waals surface area contributed by atoms with Crippen LogP contribution in [0.4, 0.5) is 0 Å². The Morgan fingerprint density at radius 3 is 1.51 bits per heavy atom. The molecule has 0 radical (unpaired) electrons. The predicted octanol–water partition coefficient (Wildman–Crippen LogP) is 3.67. The van der Waals surface area contributed by atoms with Crippen molar-refractivity contribution in [2.24, 2.45) is 0 Å². The number of hydrogen-bond donors (Lipinski definition) is 0. The van der Waals surface area contributed by atoms with E-state index in [1.54, 1.807) is 0 Å². The Balaban J connectivity index is 1.13. The Morgan fingerprint density at radius 2 is 1.05 bits per heavy atom. The van der Waals surface area contributed by atoms with Crippen molar-refractivity contribution < 1.29 is 73.7 Å². The van der Waals surface area contributed by atoms with Crippen LogP contribution in [0.5, 0.6) is 0 Å². The van der Waals surface area contributed by atoms with Gasteiger partial charge in [0.15, 0.2) is 0 Å². The Morgan fingerprint density at radius 1 is 0.564 bits per heavy atom. The first-order chi connectivity index (χ1) is 19.2. The number of hydrogen-bond acceptors (Lipinski definition) is 0. The standard InChI is InChI=1S/2C17H8.2CH3.3Hg/c2*1-3-12-5-7-16-14(9-12)11-15-10-13(4-2)6-8-17(15)16;;;;;/h2*5-7,9-11H,8H2;2*1H3;;;. The summed E-state index contributed by atoms with van der Waals surface area (Å²) < 4.78 is 18.4. The van der Waals surface area contributed by atoms with Crippen LogP contribution in [0.15, 0.2) is 83.0 Å². The van der Waals surface area contributed by atoms with Gasteiger partial charge in [-0.3, -0.25) is 0 Å². The molecule has 0 aliphatic heterocycles. The molecule has 0 spiro atoms. The molecule has 0 saturated heterocycles. The maximum absolute atomic E-state index is 3.49. The molecule has 0 atom stereocenters. The third kappa shape index (κ3) is 6.16. The van der Waals surface area contributed by atoms with Crippen LogP contribution in [0.25, 0.3) is 23.3 Å². The molecule has 4 aliphatic carbocycles. The van der Waals surface area contributed by atoms with E-state index in [1.807, 2.05) is 0 Å². The van der Waals surface area contributed by atoms with Gasteiger partial charge in [0.05, 0.1) is 0 Å². The van der Waals surface area contributed by atoms with Crippen molar-refractivity contribution >= 4 is 23.3 Å². The minimum absolute atomic E-state index is 0.897. The third-order valence-electron chi connectivity index (χ3n) is 7.21. The van der Waals surface area contributed by atoms with Gasteiger partial charge < -0.3 is 0 Å². The fourth-order valence-electron chi connectivity index (χ4n) is 5.37. The van der Waals surface area contributed by atoms with Crippen molar-refractivity contribution in [3.05, 3.63) is 115 Å². The van der Waals surface area contributed by atoms with E-state index in [1.165, 1.54) is 43.2 Å². The Kier molecular flexibility index (Phi) is 8.77. The van der Waals surface area contributed by atoms with Gasteiger partial charge in [0.2, 0.25) is 0 Å². The van der Waals surface area contributed by atoms with E-state index >= 15 is 0 Å². The van der Waals surface area contributed by atoms with E-state index in [0.717, 1.165) is 35.1 Å². The Bertz CT molecular complexity index is 1920. The number of benzene rings is 2. The molecule has 0 saturated carbocycles. The van der Waals surface area contributed by atoms with Crippen LogP contribution in [-0.4, -0.2) is 0 Å². The first-order valence-corrected chi connectivity index (χ1v) is 35.7. The summed E-state index contributed by atoms with van der Waals surface area (Å²) in [5.41, 5.74) is 10.0. The molecule has 6 rings (SSSR count). The zero-order chi connectivity index (χ0) is 26.6. The number of fused-ring (bicyclic) bond motifs is 4. The molecule has 39 heavy (non-hydrogen) atoms. The number of allylic oxidation sites excluding steroid dienone is 8. The number of rotatable bonds is 0. The molecule has 0 amide bonds. The molecular formula is C36H22Hg3. The second kappa shape index (κ2) is 12.6. The first kappa shape index (κ1) is 27.1. The predicted molar refractivity (Wildman–Crippen MR) is 150 cm³/mol. The zero-order valence-electron chi connectivity index (χ0n) is 22.5. The monoisotopic (exact) mass is 1060 g/mol. The molecule has 0 nitrogen and oxygen atoms in total. The van der Waals surface area contributed by atoms with E-state index in [9.17, 15) is 0 Å². The fraction of sp³-hybridized carbons (Fsp3) is 0.111. The van der Waals surface area contributed by atoms with Crippen molar-refractivity contribution in [2.45, 2.75) is 21.7 Å². The van der Waals surface area contributed by atoms with Crippen LogP contribution in [-0.2, 0) is 73.7 Å². The molecular weight excluding hydrogens is 1030 g/mol. The van der Waals surface area contributed by atoms with Gasteiger partial charge in [0, 0.05) is 0 Å². The van der Waals surface area contributed by atoms with Gasteiger partial charge in [0.1, 0.15) is 0 Å². The van der Waals surface area contributed by atoms with Gasteiger partial charge >= 0.3 is 271 Å². The molecule has 4 aliphatic rings. The summed E-state index contributed by atoms with van der Waals surface area (Å²) in [5.74, 6) is 13.6. The van der Waals surface area contributed by atoms with Gasteiger partial charge in [-0.25, -0.2) is 0 Å². The van der Waals surface area contributed by atoms with E-state index < -0.39 is 73.7 Å². The molecule has 172 valence electrons. The second-order valence-corrected chi connectivity index (χ2v) is 22.2. The van der Waals surface area contributed by atoms with Crippen LogP contribution in [0.2, 0.25) is 8.86 Å². The van der Waals surface area contributed by atoms with Crippen LogP contribution < -0.4 is 20.9 Å².